The van der Waals surface area contributed by atoms with Gasteiger partial charge in [-0.2, -0.15) is 5.26 Å². The van der Waals surface area contributed by atoms with Crippen LogP contribution in [0.4, 0.5) is 5.69 Å². The Balaban J connectivity index is 1.73. The first-order valence-corrected chi connectivity index (χ1v) is 10.4. The molecule has 3 aromatic carbocycles. The summed E-state index contributed by atoms with van der Waals surface area (Å²) in [7, 11) is 0. The molecule has 0 aliphatic rings. The van der Waals surface area contributed by atoms with Crippen LogP contribution in [0.25, 0.3) is 6.08 Å². The van der Waals surface area contributed by atoms with Crippen LogP contribution in [0, 0.1) is 11.3 Å². The molecule has 3 rings (SSSR count). The Morgan fingerprint density at radius 2 is 1.74 bits per heavy atom. The lowest BCUT2D eigenvalue weighted by molar-refractivity contribution is -0.112. The highest BCUT2D eigenvalue weighted by Crippen LogP contribution is 2.29. The number of para-hydroxylation sites is 1. The first-order valence-electron chi connectivity index (χ1n) is 8.91. The predicted molar refractivity (Wildman–Crippen MR) is 126 cm³/mol. The highest BCUT2D eigenvalue weighted by atomic mass is 35.5. The third kappa shape index (κ3) is 6.16. The molecule has 0 saturated carbocycles. The Labute approximate surface area is 199 Å². The molecule has 0 fully saturated rings. The molecule has 0 aliphatic heterocycles. The largest absolute Gasteiger partial charge is 0.487 e. The van der Waals surface area contributed by atoms with Crippen molar-refractivity contribution in [2.45, 2.75) is 6.61 Å². The summed E-state index contributed by atoms with van der Waals surface area (Å²) in [6.07, 6.45) is 1.43. The molecule has 0 unspecified atom stereocenters. The van der Waals surface area contributed by atoms with E-state index in [1.54, 1.807) is 60.7 Å². The predicted octanol–water partition coefficient (Wildman–Crippen LogP) is 7.42. The number of hydrogen-bond acceptors (Lipinski definition) is 3. The van der Waals surface area contributed by atoms with Crippen LogP contribution in [0.15, 0.2) is 66.2 Å². The molecule has 0 radical (unpaired) electrons. The van der Waals surface area contributed by atoms with Gasteiger partial charge in [0.05, 0.1) is 15.7 Å². The summed E-state index contributed by atoms with van der Waals surface area (Å²) in [5, 5.41) is 13.7. The van der Waals surface area contributed by atoms with E-state index >= 15 is 0 Å². The smallest absolute Gasteiger partial charge is 0.266 e. The summed E-state index contributed by atoms with van der Waals surface area (Å²) in [4.78, 5) is 12.4. The van der Waals surface area contributed by atoms with Gasteiger partial charge >= 0.3 is 0 Å². The minimum atomic E-state index is -0.579. The molecule has 0 bridgehead atoms. The van der Waals surface area contributed by atoms with Crippen molar-refractivity contribution in [1.29, 1.82) is 5.26 Å². The van der Waals surface area contributed by atoms with E-state index in [9.17, 15) is 10.1 Å². The molecule has 8 heteroatoms. The fraction of sp³-hybridized carbons (Fsp3) is 0.0435. The summed E-state index contributed by atoms with van der Waals surface area (Å²) >= 11 is 24.4. The SMILES string of the molecule is N#C/C(=C\c1ccc(OCc2ccc(Cl)cc2Cl)c(Cl)c1)C(=O)Nc1ccccc1Cl. The second kappa shape index (κ2) is 10.6. The fourth-order valence-electron chi connectivity index (χ4n) is 2.59. The normalized spacial score (nSPS) is 11.0. The monoisotopic (exact) mass is 490 g/mol. The Bertz CT molecular complexity index is 1200. The summed E-state index contributed by atoms with van der Waals surface area (Å²) in [6, 6.07) is 18.7. The van der Waals surface area contributed by atoms with Crippen LogP contribution in [0.2, 0.25) is 20.1 Å². The highest BCUT2D eigenvalue weighted by Gasteiger charge is 2.12. The van der Waals surface area contributed by atoms with Crippen molar-refractivity contribution in [3.8, 4) is 11.8 Å². The highest BCUT2D eigenvalue weighted by molar-refractivity contribution is 6.35. The van der Waals surface area contributed by atoms with Crippen molar-refractivity contribution in [3.63, 3.8) is 0 Å². The molecular formula is C23H14Cl4N2O2. The van der Waals surface area contributed by atoms with Crippen molar-refractivity contribution in [3.05, 3.63) is 97.5 Å². The van der Waals surface area contributed by atoms with Gasteiger partial charge in [-0.1, -0.05) is 70.7 Å². The average Bonchev–Trinajstić information content (AvgIpc) is 2.74. The molecule has 0 spiro atoms. The zero-order chi connectivity index (χ0) is 22.4. The van der Waals surface area contributed by atoms with E-state index < -0.39 is 5.91 Å². The number of anilines is 1. The van der Waals surface area contributed by atoms with Gasteiger partial charge in [0.2, 0.25) is 0 Å². The molecule has 0 saturated heterocycles. The Hall–Kier alpha value is -2.68. The van der Waals surface area contributed by atoms with Crippen molar-refractivity contribution in [2.75, 3.05) is 5.32 Å². The standard InChI is InChI=1S/C23H14Cl4N2O2/c24-17-7-6-15(19(26)11-17)13-31-22-8-5-14(10-20(22)27)9-16(12-28)23(30)29-21-4-2-1-3-18(21)25/h1-11H,13H2,(H,29,30)/b16-9+. The first kappa shape index (κ1) is 23.0. The molecule has 0 aromatic heterocycles. The topological polar surface area (TPSA) is 62.1 Å². The van der Waals surface area contributed by atoms with Gasteiger partial charge in [0.1, 0.15) is 24.0 Å². The van der Waals surface area contributed by atoms with Gasteiger partial charge in [-0.05, 0) is 48.0 Å². The van der Waals surface area contributed by atoms with E-state index in [1.807, 2.05) is 6.07 Å². The van der Waals surface area contributed by atoms with Crippen LogP contribution >= 0.6 is 46.4 Å². The van der Waals surface area contributed by atoms with E-state index in [0.717, 1.165) is 5.56 Å². The van der Waals surface area contributed by atoms with Gasteiger partial charge in [-0.3, -0.25) is 4.79 Å². The summed E-state index contributed by atoms with van der Waals surface area (Å²) in [6.45, 7) is 0.203. The van der Waals surface area contributed by atoms with Crippen molar-refractivity contribution in [1.82, 2.24) is 0 Å². The zero-order valence-corrected chi connectivity index (χ0v) is 18.9. The number of nitrogens with zero attached hydrogens (tertiary/aromatic N) is 1. The lowest BCUT2D eigenvalue weighted by Gasteiger charge is -2.10. The van der Waals surface area contributed by atoms with Crippen molar-refractivity contribution in [2.24, 2.45) is 0 Å². The average molecular weight is 492 g/mol. The van der Waals surface area contributed by atoms with Gasteiger partial charge in [-0.15, -0.1) is 0 Å². The molecule has 156 valence electrons. The molecule has 31 heavy (non-hydrogen) atoms. The molecule has 0 atom stereocenters. The minimum Gasteiger partial charge on any atom is -0.487 e. The van der Waals surface area contributed by atoms with Crippen LogP contribution in [0.1, 0.15) is 11.1 Å². The van der Waals surface area contributed by atoms with Gasteiger partial charge in [0.15, 0.2) is 0 Å². The van der Waals surface area contributed by atoms with Crippen LogP contribution in [-0.4, -0.2) is 5.91 Å². The number of ether oxygens (including phenoxy) is 1. The first-order chi connectivity index (χ1) is 14.9. The zero-order valence-electron chi connectivity index (χ0n) is 15.8. The number of carbonyl (C=O) groups excluding carboxylic acids is 1. The van der Waals surface area contributed by atoms with E-state index in [4.69, 9.17) is 51.1 Å². The maximum Gasteiger partial charge on any atom is 0.266 e. The van der Waals surface area contributed by atoms with E-state index in [2.05, 4.69) is 5.32 Å². The Morgan fingerprint density at radius 1 is 0.968 bits per heavy atom. The number of halogens is 4. The maximum absolute atomic E-state index is 12.4. The Kier molecular flexibility index (Phi) is 7.84. The second-order valence-electron chi connectivity index (χ2n) is 6.32. The number of amides is 1. The van der Waals surface area contributed by atoms with Gasteiger partial charge in [0, 0.05) is 15.6 Å². The van der Waals surface area contributed by atoms with E-state index in [-0.39, 0.29) is 12.2 Å². The van der Waals surface area contributed by atoms with Crippen molar-refractivity contribution >= 4 is 64.1 Å². The van der Waals surface area contributed by atoms with Crippen LogP contribution in [0.3, 0.4) is 0 Å². The fourth-order valence-corrected chi connectivity index (χ4v) is 3.48. The third-order valence-corrected chi connectivity index (χ3v) is 5.36. The third-order valence-electron chi connectivity index (χ3n) is 4.15. The van der Waals surface area contributed by atoms with Crippen LogP contribution in [0.5, 0.6) is 5.75 Å². The molecule has 1 N–H and O–H groups in total. The van der Waals surface area contributed by atoms with E-state index in [0.29, 0.717) is 37.1 Å². The molecule has 3 aromatic rings. The number of rotatable bonds is 6. The summed E-state index contributed by atoms with van der Waals surface area (Å²) < 4.78 is 5.73. The van der Waals surface area contributed by atoms with Gasteiger partial charge in [-0.25, -0.2) is 0 Å². The number of nitriles is 1. The van der Waals surface area contributed by atoms with Crippen LogP contribution < -0.4 is 10.1 Å². The number of benzene rings is 3. The van der Waals surface area contributed by atoms with E-state index in [1.165, 1.54) is 6.08 Å². The lowest BCUT2D eigenvalue weighted by Crippen LogP contribution is -2.13. The molecular weight excluding hydrogens is 478 g/mol. The summed E-state index contributed by atoms with van der Waals surface area (Å²) in [5.41, 5.74) is 1.64. The van der Waals surface area contributed by atoms with Crippen molar-refractivity contribution < 1.29 is 9.53 Å². The molecule has 4 nitrogen and oxygen atoms in total. The van der Waals surface area contributed by atoms with Crippen LogP contribution in [-0.2, 0) is 11.4 Å². The minimum absolute atomic E-state index is 0.0994. The maximum atomic E-state index is 12.4. The second-order valence-corrected chi connectivity index (χ2v) is 7.98. The Morgan fingerprint density at radius 3 is 2.42 bits per heavy atom. The van der Waals surface area contributed by atoms with Gasteiger partial charge < -0.3 is 10.1 Å². The number of nitrogens with one attached hydrogen (secondary N) is 1. The lowest BCUT2D eigenvalue weighted by atomic mass is 10.1. The quantitative estimate of drug-likeness (QED) is 0.288. The molecule has 0 heterocycles. The van der Waals surface area contributed by atoms with Gasteiger partial charge in [0.25, 0.3) is 5.91 Å². The molecule has 1 amide bonds. The molecule has 0 aliphatic carbocycles. The number of hydrogen-bond donors (Lipinski definition) is 1. The summed E-state index contributed by atoms with van der Waals surface area (Å²) in [5.74, 6) is -0.145. The number of carbonyl (C=O) groups is 1.